The number of carbonyl (C=O) groups is 1. The summed E-state index contributed by atoms with van der Waals surface area (Å²) in [5.41, 5.74) is 0.770. The SMILES string of the molecule is CCCC[C@@H]1C[C@@]1(/C=C/c1ccccc1)C(=O)OC. The van der Waals surface area contributed by atoms with E-state index >= 15 is 0 Å². The quantitative estimate of drug-likeness (QED) is 0.719. The lowest BCUT2D eigenvalue weighted by molar-refractivity contribution is -0.145. The Morgan fingerprint density at radius 1 is 1.42 bits per heavy atom. The van der Waals surface area contributed by atoms with Crippen LogP contribution in [0.3, 0.4) is 0 Å². The van der Waals surface area contributed by atoms with E-state index in [1.165, 1.54) is 20.0 Å². The van der Waals surface area contributed by atoms with Gasteiger partial charge in [0.2, 0.25) is 0 Å². The highest BCUT2D eigenvalue weighted by molar-refractivity contribution is 5.84. The van der Waals surface area contributed by atoms with Gasteiger partial charge in [0.15, 0.2) is 0 Å². The summed E-state index contributed by atoms with van der Waals surface area (Å²) in [4.78, 5) is 12.0. The fourth-order valence-corrected chi connectivity index (χ4v) is 2.68. The van der Waals surface area contributed by atoms with Crippen LogP contribution in [0.15, 0.2) is 36.4 Å². The van der Waals surface area contributed by atoms with Crippen molar-refractivity contribution in [1.29, 1.82) is 0 Å². The Hall–Kier alpha value is -1.57. The van der Waals surface area contributed by atoms with Gasteiger partial charge in [0.25, 0.3) is 0 Å². The van der Waals surface area contributed by atoms with Crippen LogP contribution in [0.1, 0.15) is 38.2 Å². The highest BCUT2D eigenvalue weighted by Gasteiger charge is 2.58. The Bertz CT molecular complexity index is 450. The highest BCUT2D eigenvalue weighted by Crippen LogP contribution is 2.57. The summed E-state index contributed by atoms with van der Waals surface area (Å²) in [5, 5.41) is 0. The zero-order valence-corrected chi connectivity index (χ0v) is 11.8. The van der Waals surface area contributed by atoms with Gasteiger partial charge in [0.05, 0.1) is 12.5 Å². The molecule has 2 atom stereocenters. The molecule has 0 amide bonds. The van der Waals surface area contributed by atoms with Gasteiger partial charge >= 0.3 is 5.97 Å². The van der Waals surface area contributed by atoms with E-state index in [1.54, 1.807) is 0 Å². The molecular formula is C17H22O2. The largest absolute Gasteiger partial charge is 0.468 e. The lowest BCUT2D eigenvalue weighted by Gasteiger charge is -2.10. The van der Waals surface area contributed by atoms with Crippen LogP contribution < -0.4 is 0 Å². The summed E-state index contributed by atoms with van der Waals surface area (Å²) < 4.78 is 4.99. The predicted octanol–water partition coefficient (Wildman–Crippen LogP) is 4.07. The van der Waals surface area contributed by atoms with Crippen molar-refractivity contribution in [1.82, 2.24) is 0 Å². The number of rotatable bonds is 6. The molecule has 1 aromatic rings. The van der Waals surface area contributed by atoms with Gasteiger partial charge in [-0.25, -0.2) is 0 Å². The highest BCUT2D eigenvalue weighted by atomic mass is 16.5. The Balaban J connectivity index is 2.09. The lowest BCUT2D eigenvalue weighted by Crippen LogP contribution is -2.17. The van der Waals surface area contributed by atoms with Gasteiger partial charge in [0, 0.05) is 0 Å². The molecular weight excluding hydrogens is 236 g/mol. The van der Waals surface area contributed by atoms with Crippen LogP contribution in [0, 0.1) is 11.3 Å². The van der Waals surface area contributed by atoms with E-state index in [0.717, 1.165) is 18.4 Å². The molecule has 0 radical (unpaired) electrons. The van der Waals surface area contributed by atoms with Gasteiger partial charge in [-0.05, 0) is 24.3 Å². The first-order valence-corrected chi connectivity index (χ1v) is 7.05. The van der Waals surface area contributed by atoms with Crippen molar-refractivity contribution >= 4 is 12.0 Å². The molecule has 0 saturated heterocycles. The van der Waals surface area contributed by atoms with Crippen LogP contribution in [0.4, 0.5) is 0 Å². The molecule has 1 saturated carbocycles. The Morgan fingerprint density at radius 3 is 2.79 bits per heavy atom. The first-order valence-electron chi connectivity index (χ1n) is 7.05. The number of unbranched alkanes of at least 4 members (excludes halogenated alkanes) is 1. The van der Waals surface area contributed by atoms with Crippen molar-refractivity contribution < 1.29 is 9.53 Å². The fourth-order valence-electron chi connectivity index (χ4n) is 2.68. The number of hydrogen-bond donors (Lipinski definition) is 0. The van der Waals surface area contributed by atoms with Crippen molar-refractivity contribution in [2.75, 3.05) is 7.11 Å². The summed E-state index contributed by atoms with van der Waals surface area (Å²) in [6, 6.07) is 10.1. The monoisotopic (exact) mass is 258 g/mol. The second-order valence-electron chi connectivity index (χ2n) is 5.32. The number of esters is 1. The third-order valence-electron chi connectivity index (χ3n) is 4.00. The summed E-state index contributed by atoms with van der Waals surface area (Å²) in [6.07, 6.45) is 8.50. The van der Waals surface area contributed by atoms with Crippen molar-refractivity contribution in [2.45, 2.75) is 32.6 Å². The van der Waals surface area contributed by atoms with Crippen LogP contribution in [-0.4, -0.2) is 13.1 Å². The Morgan fingerprint density at radius 2 is 2.16 bits per heavy atom. The van der Waals surface area contributed by atoms with Crippen LogP contribution in [-0.2, 0) is 9.53 Å². The molecule has 2 heteroatoms. The van der Waals surface area contributed by atoms with E-state index in [1.807, 2.05) is 36.4 Å². The van der Waals surface area contributed by atoms with Crippen LogP contribution in [0.2, 0.25) is 0 Å². The van der Waals surface area contributed by atoms with Gasteiger partial charge in [0.1, 0.15) is 0 Å². The minimum atomic E-state index is -0.361. The molecule has 0 spiro atoms. The molecule has 0 aliphatic heterocycles. The van der Waals surface area contributed by atoms with Crippen LogP contribution in [0.25, 0.3) is 6.08 Å². The van der Waals surface area contributed by atoms with Crippen molar-refractivity contribution in [3.05, 3.63) is 42.0 Å². The van der Waals surface area contributed by atoms with Crippen LogP contribution in [0.5, 0.6) is 0 Å². The molecule has 2 rings (SSSR count). The summed E-state index contributed by atoms with van der Waals surface area (Å²) >= 11 is 0. The third-order valence-corrected chi connectivity index (χ3v) is 4.00. The average molecular weight is 258 g/mol. The third kappa shape index (κ3) is 3.06. The van der Waals surface area contributed by atoms with Crippen molar-refractivity contribution in [2.24, 2.45) is 11.3 Å². The number of carbonyl (C=O) groups excluding carboxylic acids is 1. The summed E-state index contributed by atoms with van der Waals surface area (Å²) in [5.74, 6) is 0.376. The molecule has 102 valence electrons. The second-order valence-corrected chi connectivity index (χ2v) is 5.32. The topological polar surface area (TPSA) is 26.3 Å². The number of methoxy groups -OCH3 is 1. The van der Waals surface area contributed by atoms with Gasteiger partial charge in [-0.2, -0.15) is 0 Å². The zero-order valence-electron chi connectivity index (χ0n) is 11.8. The first kappa shape index (κ1) is 13.9. The molecule has 0 heterocycles. The smallest absolute Gasteiger partial charge is 0.315 e. The van der Waals surface area contributed by atoms with Gasteiger partial charge < -0.3 is 4.74 Å². The first-order chi connectivity index (χ1) is 9.23. The molecule has 1 fully saturated rings. The molecule has 0 N–H and O–H groups in total. The zero-order chi connectivity index (χ0) is 13.7. The Kier molecular flexibility index (Phi) is 4.41. The van der Waals surface area contributed by atoms with E-state index in [2.05, 4.69) is 13.0 Å². The lowest BCUT2D eigenvalue weighted by atomic mass is 9.99. The molecule has 0 aromatic heterocycles. The minimum Gasteiger partial charge on any atom is -0.468 e. The van der Waals surface area contributed by atoms with Gasteiger partial charge in [-0.3, -0.25) is 4.79 Å². The maximum Gasteiger partial charge on any atom is 0.315 e. The molecule has 19 heavy (non-hydrogen) atoms. The standard InChI is InChI=1S/C17H22O2/c1-3-4-10-15-13-17(15,16(18)19-2)12-11-14-8-6-5-7-9-14/h5-9,11-12,15H,3-4,10,13H2,1-2H3/b12-11+/t15-,17-/m1/s1. The molecule has 2 nitrogen and oxygen atoms in total. The molecule has 0 unspecified atom stereocenters. The van der Waals surface area contributed by atoms with E-state index in [9.17, 15) is 4.79 Å². The number of hydrogen-bond acceptors (Lipinski definition) is 2. The average Bonchev–Trinajstić information content (AvgIpc) is 3.18. The number of benzene rings is 1. The van der Waals surface area contributed by atoms with E-state index in [4.69, 9.17) is 4.74 Å². The molecule has 1 aromatic carbocycles. The van der Waals surface area contributed by atoms with E-state index < -0.39 is 0 Å². The van der Waals surface area contributed by atoms with Crippen LogP contribution >= 0.6 is 0 Å². The Labute approximate surface area is 115 Å². The molecule has 1 aliphatic carbocycles. The van der Waals surface area contributed by atoms with E-state index in [0.29, 0.717) is 5.92 Å². The van der Waals surface area contributed by atoms with Crippen molar-refractivity contribution in [3.63, 3.8) is 0 Å². The fraction of sp³-hybridized carbons (Fsp3) is 0.471. The predicted molar refractivity (Wildman–Crippen MR) is 77.6 cm³/mol. The normalized spacial score (nSPS) is 25.5. The maximum atomic E-state index is 12.0. The van der Waals surface area contributed by atoms with Gasteiger partial charge in [-0.15, -0.1) is 0 Å². The molecule has 1 aliphatic rings. The summed E-state index contributed by atoms with van der Waals surface area (Å²) in [7, 11) is 1.48. The molecule has 0 bridgehead atoms. The number of ether oxygens (including phenoxy) is 1. The van der Waals surface area contributed by atoms with Crippen molar-refractivity contribution in [3.8, 4) is 0 Å². The van der Waals surface area contributed by atoms with Gasteiger partial charge in [-0.1, -0.05) is 62.2 Å². The van der Waals surface area contributed by atoms with E-state index in [-0.39, 0.29) is 11.4 Å². The summed E-state index contributed by atoms with van der Waals surface area (Å²) in [6.45, 7) is 2.18. The minimum absolute atomic E-state index is 0.0826. The second kappa shape index (κ2) is 6.05. The maximum absolute atomic E-state index is 12.0.